The van der Waals surface area contributed by atoms with Gasteiger partial charge in [-0.1, -0.05) is 18.0 Å². The summed E-state index contributed by atoms with van der Waals surface area (Å²) in [5.41, 5.74) is -0.130. The zero-order valence-corrected chi connectivity index (χ0v) is 12.9. The molecule has 1 aliphatic rings. The molecule has 1 N–H and O–H groups in total. The first-order valence-corrected chi connectivity index (χ1v) is 7.60. The highest BCUT2D eigenvalue weighted by Crippen LogP contribution is 2.34. The van der Waals surface area contributed by atoms with Crippen LogP contribution in [0.5, 0.6) is 0 Å². The molecule has 3 rings (SSSR count). The lowest BCUT2D eigenvalue weighted by molar-refractivity contribution is -0.383. The lowest BCUT2D eigenvalue weighted by atomic mass is 10.2. The van der Waals surface area contributed by atoms with E-state index in [-0.39, 0.29) is 11.5 Å². The molecule has 122 valence electrons. The second-order valence-corrected chi connectivity index (χ2v) is 5.50. The molecule has 3 heterocycles. The summed E-state index contributed by atoms with van der Waals surface area (Å²) < 4.78 is 4.96. The summed E-state index contributed by atoms with van der Waals surface area (Å²) in [4.78, 5) is 21.3. The number of rotatable bonds is 4. The van der Waals surface area contributed by atoms with E-state index in [1.807, 2.05) is 4.90 Å². The molecule has 2 aromatic heterocycles. The molecule has 2 aromatic rings. The van der Waals surface area contributed by atoms with Crippen LogP contribution in [0.15, 0.2) is 16.9 Å². The molecule has 0 spiro atoms. The maximum absolute atomic E-state index is 11.6. The molecule has 0 radical (unpaired) electrons. The van der Waals surface area contributed by atoms with E-state index in [2.05, 4.69) is 20.4 Å². The van der Waals surface area contributed by atoms with Gasteiger partial charge in [0.05, 0.1) is 4.92 Å². The van der Waals surface area contributed by atoms with Gasteiger partial charge in [0, 0.05) is 19.2 Å². The molecule has 0 saturated carbocycles. The molecule has 0 unspecified atom stereocenters. The van der Waals surface area contributed by atoms with E-state index in [4.69, 9.17) is 4.52 Å². The average molecular weight is 318 g/mol. The number of anilines is 3. The van der Waals surface area contributed by atoms with Gasteiger partial charge in [-0.3, -0.25) is 10.1 Å². The minimum Gasteiger partial charge on any atom is -0.360 e. The Kier molecular flexibility index (Phi) is 4.35. The fourth-order valence-corrected chi connectivity index (χ4v) is 2.69. The van der Waals surface area contributed by atoms with Crippen LogP contribution in [0.2, 0.25) is 0 Å². The van der Waals surface area contributed by atoms with Crippen LogP contribution in [0.3, 0.4) is 0 Å². The van der Waals surface area contributed by atoms with Crippen LogP contribution in [0.4, 0.5) is 23.1 Å². The van der Waals surface area contributed by atoms with Crippen molar-refractivity contribution in [3.63, 3.8) is 0 Å². The van der Waals surface area contributed by atoms with Crippen molar-refractivity contribution in [1.82, 2.24) is 15.1 Å². The van der Waals surface area contributed by atoms with Gasteiger partial charge in [0.2, 0.25) is 11.6 Å². The molecule has 1 fully saturated rings. The first-order chi connectivity index (χ1) is 11.1. The second-order valence-electron chi connectivity index (χ2n) is 5.50. The topological polar surface area (TPSA) is 110 Å². The Morgan fingerprint density at radius 2 is 2.00 bits per heavy atom. The summed E-state index contributed by atoms with van der Waals surface area (Å²) in [6.45, 7) is 3.27. The quantitative estimate of drug-likeness (QED) is 0.676. The summed E-state index contributed by atoms with van der Waals surface area (Å²) >= 11 is 0. The van der Waals surface area contributed by atoms with E-state index in [0.717, 1.165) is 38.8 Å². The van der Waals surface area contributed by atoms with E-state index in [9.17, 15) is 10.1 Å². The standard InChI is InChI=1S/C14H18N6O3/c1-10-8-11(18-23-10)17-13-12(20(21)22)14(16-9-15-13)19-6-4-2-3-5-7-19/h8-9H,2-7H2,1H3,(H,15,16,17,18). The third-order valence-electron chi connectivity index (χ3n) is 3.77. The highest BCUT2D eigenvalue weighted by molar-refractivity contribution is 5.73. The smallest absolute Gasteiger partial charge is 0.353 e. The number of aryl methyl sites for hydroxylation is 1. The zero-order chi connectivity index (χ0) is 16.2. The number of hydrogen-bond acceptors (Lipinski definition) is 8. The van der Waals surface area contributed by atoms with Gasteiger partial charge < -0.3 is 14.7 Å². The largest absolute Gasteiger partial charge is 0.360 e. The van der Waals surface area contributed by atoms with Gasteiger partial charge in [0.25, 0.3) is 0 Å². The van der Waals surface area contributed by atoms with Crippen molar-refractivity contribution >= 4 is 23.1 Å². The van der Waals surface area contributed by atoms with Gasteiger partial charge >= 0.3 is 5.69 Å². The molecular formula is C14H18N6O3. The number of aromatic nitrogens is 3. The SMILES string of the molecule is Cc1cc(Nc2ncnc(N3CCCCCC3)c2[N+](=O)[O-])no1. The molecule has 0 aromatic carbocycles. The Bertz CT molecular complexity index is 694. The number of nitrogens with zero attached hydrogens (tertiary/aromatic N) is 5. The highest BCUT2D eigenvalue weighted by atomic mass is 16.6. The van der Waals surface area contributed by atoms with E-state index < -0.39 is 4.92 Å². The normalized spacial score (nSPS) is 15.3. The molecule has 23 heavy (non-hydrogen) atoms. The lowest BCUT2D eigenvalue weighted by Gasteiger charge is -2.21. The second kappa shape index (κ2) is 6.59. The Labute approximate surface area is 132 Å². The molecule has 0 amide bonds. The molecule has 1 saturated heterocycles. The molecule has 1 aliphatic heterocycles. The molecule has 0 atom stereocenters. The van der Waals surface area contributed by atoms with Crippen LogP contribution < -0.4 is 10.2 Å². The van der Waals surface area contributed by atoms with Crippen molar-refractivity contribution in [3.05, 3.63) is 28.3 Å². The van der Waals surface area contributed by atoms with Gasteiger partial charge in [-0.05, 0) is 19.8 Å². The van der Waals surface area contributed by atoms with E-state index >= 15 is 0 Å². The fourth-order valence-electron chi connectivity index (χ4n) is 2.69. The molecular weight excluding hydrogens is 300 g/mol. The summed E-state index contributed by atoms with van der Waals surface area (Å²) in [6.07, 6.45) is 5.62. The van der Waals surface area contributed by atoms with E-state index in [1.54, 1.807) is 13.0 Å². The lowest BCUT2D eigenvalue weighted by Crippen LogP contribution is -2.26. The molecule has 9 nitrogen and oxygen atoms in total. The van der Waals surface area contributed by atoms with E-state index in [1.165, 1.54) is 6.33 Å². The Morgan fingerprint density at radius 3 is 2.61 bits per heavy atom. The van der Waals surface area contributed by atoms with Crippen LogP contribution in [0.1, 0.15) is 31.4 Å². The van der Waals surface area contributed by atoms with Gasteiger partial charge in [-0.15, -0.1) is 0 Å². The first-order valence-electron chi connectivity index (χ1n) is 7.60. The summed E-state index contributed by atoms with van der Waals surface area (Å²) in [6, 6.07) is 1.65. The summed E-state index contributed by atoms with van der Waals surface area (Å²) in [5.74, 6) is 1.47. The van der Waals surface area contributed by atoms with Crippen LogP contribution >= 0.6 is 0 Å². The van der Waals surface area contributed by atoms with Crippen LogP contribution in [-0.2, 0) is 0 Å². The predicted octanol–water partition coefficient (Wildman–Crippen LogP) is 2.81. The zero-order valence-electron chi connectivity index (χ0n) is 12.9. The summed E-state index contributed by atoms with van der Waals surface area (Å²) in [7, 11) is 0. The molecule has 9 heteroatoms. The van der Waals surface area contributed by atoms with Crippen molar-refractivity contribution in [2.75, 3.05) is 23.3 Å². The predicted molar refractivity (Wildman–Crippen MR) is 83.9 cm³/mol. The van der Waals surface area contributed by atoms with Crippen molar-refractivity contribution in [2.45, 2.75) is 32.6 Å². The van der Waals surface area contributed by atoms with Gasteiger partial charge in [0.1, 0.15) is 12.1 Å². The third-order valence-corrected chi connectivity index (χ3v) is 3.77. The molecule has 0 aliphatic carbocycles. The van der Waals surface area contributed by atoms with Gasteiger partial charge in [0.15, 0.2) is 5.82 Å². The van der Waals surface area contributed by atoms with Crippen molar-refractivity contribution < 1.29 is 9.45 Å². The highest BCUT2D eigenvalue weighted by Gasteiger charge is 2.28. The Hall–Kier alpha value is -2.71. The van der Waals surface area contributed by atoms with Crippen molar-refractivity contribution in [2.24, 2.45) is 0 Å². The van der Waals surface area contributed by atoms with Crippen molar-refractivity contribution in [3.8, 4) is 0 Å². The molecule has 0 bridgehead atoms. The first kappa shape index (κ1) is 15.2. The maximum Gasteiger partial charge on any atom is 0.353 e. The fraction of sp³-hybridized carbons (Fsp3) is 0.500. The van der Waals surface area contributed by atoms with E-state index in [0.29, 0.717) is 17.4 Å². The van der Waals surface area contributed by atoms with Gasteiger partial charge in [-0.2, -0.15) is 0 Å². The minimum absolute atomic E-state index is 0.123. The third kappa shape index (κ3) is 3.38. The van der Waals surface area contributed by atoms with Crippen molar-refractivity contribution in [1.29, 1.82) is 0 Å². The number of hydrogen-bond donors (Lipinski definition) is 1. The van der Waals surface area contributed by atoms with Crippen LogP contribution in [0, 0.1) is 17.0 Å². The van der Waals surface area contributed by atoms with Crippen LogP contribution in [0.25, 0.3) is 0 Å². The average Bonchev–Trinajstić information content (AvgIpc) is 2.77. The summed E-state index contributed by atoms with van der Waals surface area (Å²) in [5, 5.41) is 18.2. The number of nitro groups is 1. The maximum atomic E-state index is 11.6. The number of nitrogens with one attached hydrogen (secondary N) is 1. The minimum atomic E-state index is -0.449. The monoisotopic (exact) mass is 318 g/mol. The van der Waals surface area contributed by atoms with Crippen LogP contribution in [-0.4, -0.2) is 33.1 Å². The van der Waals surface area contributed by atoms with Gasteiger partial charge in [-0.25, -0.2) is 9.97 Å². The Morgan fingerprint density at radius 1 is 1.26 bits per heavy atom. The Balaban J connectivity index is 1.96.